The van der Waals surface area contributed by atoms with Crippen molar-refractivity contribution < 1.29 is 4.74 Å². The topological polar surface area (TPSA) is 33.5 Å². The number of pyridine rings is 1. The fourth-order valence-corrected chi connectivity index (χ4v) is 11.9. The minimum Gasteiger partial charge on any atom is -0.457 e. The van der Waals surface area contributed by atoms with Crippen molar-refractivity contribution in [1.29, 1.82) is 0 Å². The first kappa shape index (κ1) is 53.1. The number of benzene rings is 8. The molecule has 0 saturated heterocycles. The molecule has 0 unspecified atom stereocenters. The van der Waals surface area contributed by atoms with Crippen LogP contribution in [0, 0.1) is 0 Å². The first-order valence-electron chi connectivity index (χ1n) is 28.5. The number of rotatable bonds is 12. The molecule has 10 aromatic rings. The molecule has 3 heterocycles. The molecule has 0 fully saturated rings. The average Bonchev–Trinajstić information content (AvgIpc) is 4.21. The van der Waals surface area contributed by atoms with Crippen LogP contribution < -0.4 is 14.5 Å². The number of aromatic nitrogens is 2. The molecule has 0 N–H and O–H groups in total. The molecule has 8 aromatic carbocycles. The molecule has 400 valence electrons. The number of hydrogen-bond donors (Lipinski definition) is 0. The van der Waals surface area contributed by atoms with E-state index in [2.05, 4.69) is 299 Å². The summed E-state index contributed by atoms with van der Waals surface area (Å²) < 4.78 is 9.70. The van der Waals surface area contributed by atoms with Gasteiger partial charge in [-0.1, -0.05) is 206 Å². The van der Waals surface area contributed by atoms with Crippen LogP contribution >= 0.6 is 0 Å². The Morgan fingerprint density at radius 2 is 0.962 bits per heavy atom. The summed E-state index contributed by atoms with van der Waals surface area (Å²) in [4.78, 5) is 10.1. The zero-order chi connectivity index (χ0) is 55.8. The summed E-state index contributed by atoms with van der Waals surface area (Å²) in [5, 5.41) is 2.32. The summed E-state index contributed by atoms with van der Waals surface area (Å²) in [6.45, 7) is 32.9. The van der Waals surface area contributed by atoms with Crippen LogP contribution in [0.25, 0.3) is 38.8 Å². The maximum Gasteiger partial charge on any atom is 0.137 e. The predicted molar refractivity (Wildman–Crippen MR) is 335 cm³/mol. The number of fused-ring (bicyclic) bond motifs is 4. The van der Waals surface area contributed by atoms with E-state index >= 15 is 0 Å². The minimum absolute atomic E-state index is 0.0589. The van der Waals surface area contributed by atoms with Gasteiger partial charge in [0.2, 0.25) is 0 Å². The van der Waals surface area contributed by atoms with E-state index in [0.29, 0.717) is 18.5 Å². The van der Waals surface area contributed by atoms with Gasteiger partial charge in [0.1, 0.15) is 24.0 Å². The average molecular weight is 1040 g/mol. The molecule has 0 amide bonds. The van der Waals surface area contributed by atoms with Crippen LogP contribution in [0.4, 0.5) is 22.7 Å². The van der Waals surface area contributed by atoms with Gasteiger partial charge in [0.25, 0.3) is 0 Å². The Morgan fingerprint density at radius 1 is 0.418 bits per heavy atom. The molecular formula is C74H78N4O. The van der Waals surface area contributed by atoms with Gasteiger partial charge in [0.15, 0.2) is 0 Å². The number of nitrogens with zero attached hydrogens (tertiary/aromatic N) is 4. The lowest BCUT2D eigenvalue weighted by molar-refractivity contribution is 0.483. The number of hydrogen-bond acceptors (Lipinski definition) is 4. The monoisotopic (exact) mass is 1040 g/mol. The molecule has 1 aliphatic rings. The van der Waals surface area contributed by atoms with Crippen LogP contribution in [0.2, 0.25) is 0 Å². The first-order chi connectivity index (χ1) is 37.6. The van der Waals surface area contributed by atoms with Crippen molar-refractivity contribution in [2.24, 2.45) is 0 Å². The van der Waals surface area contributed by atoms with Crippen LogP contribution in [-0.2, 0) is 21.7 Å². The predicted octanol–water partition coefficient (Wildman–Crippen LogP) is 20.4. The van der Waals surface area contributed by atoms with E-state index in [1.54, 1.807) is 0 Å². The lowest BCUT2D eigenvalue weighted by atomic mass is 9.78. The maximum atomic E-state index is 7.35. The molecule has 5 heteroatoms. The third-order valence-electron chi connectivity index (χ3n) is 17.0. The lowest BCUT2D eigenvalue weighted by Gasteiger charge is -2.28. The van der Waals surface area contributed by atoms with Crippen molar-refractivity contribution in [3.05, 3.63) is 239 Å². The Bertz CT molecular complexity index is 3860. The van der Waals surface area contributed by atoms with Crippen molar-refractivity contribution in [2.75, 3.05) is 16.5 Å². The van der Waals surface area contributed by atoms with Gasteiger partial charge in [-0.2, -0.15) is 0 Å². The highest BCUT2D eigenvalue weighted by atomic mass is 16.5. The molecule has 1 aliphatic heterocycles. The second-order valence-electron chi connectivity index (χ2n) is 25.8. The summed E-state index contributed by atoms with van der Waals surface area (Å²) in [6.07, 6.45) is 1.96. The van der Waals surface area contributed by atoms with Crippen molar-refractivity contribution >= 4 is 44.6 Å². The van der Waals surface area contributed by atoms with E-state index in [1.807, 2.05) is 6.20 Å². The smallest absolute Gasteiger partial charge is 0.137 e. The Morgan fingerprint density at radius 3 is 1.58 bits per heavy atom. The van der Waals surface area contributed by atoms with E-state index in [4.69, 9.17) is 9.72 Å². The van der Waals surface area contributed by atoms with E-state index in [9.17, 15) is 0 Å². The van der Waals surface area contributed by atoms with Gasteiger partial charge in [0.05, 0.1) is 22.4 Å². The van der Waals surface area contributed by atoms with Gasteiger partial charge < -0.3 is 14.5 Å². The maximum absolute atomic E-state index is 7.35. The molecule has 2 aromatic heterocycles. The zero-order valence-corrected chi connectivity index (χ0v) is 49.0. The molecule has 0 atom stereocenters. The van der Waals surface area contributed by atoms with Gasteiger partial charge in [-0.05, 0) is 145 Å². The Kier molecular flexibility index (Phi) is 13.5. The van der Waals surface area contributed by atoms with E-state index in [0.717, 1.165) is 50.7 Å². The molecular weight excluding hydrogens is 961 g/mol. The summed E-state index contributed by atoms with van der Waals surface area (Å²) in [5.74, 6) is 3.03. The van der Waals surface area contributed by atoms with Crippen LogP contribution in [0.3, 0.4) is 0 Å². The van der Waals surface area contributed by atoms with Gasteiger partial charge in [-0.25, -0.2) is 4.98 Å². The van der Waals surface area contributed by atoms with Crippen molar-refractivity contribution in [3.8, 4) is 28.4 Å². The number of ether oxygens (including phenoxy) is 1. The fourth-order valence-electron chi connectivity index (χ4n) is 11.9. The van der Waals surface area contributed by atoms with Crippen molar-refractivity contribution in [1.82, 2.24) is 9.55 Å². The van der Waals surface area contributed by atoms with Crippen LogP contribution in [0.5, 0.6) is 11.5 Å². The number of anilines is 4. The van der Waals surface area contributed by atoms with E-state index in [-0.39, 0.29) is 21.7 Å². The SMILES string of the molecule is CC(C)c1cccc(C(C)C)c1-c1cc(Oc2ccc3c4ccc(C(C)(C)c5ccccc5)cc4n(-c4cc(C(C)(C)C)ccn4)c3c2)cc(N2CN(c3cccc(C(C)(C)c4ccccc4)c3)c3ccc(C(C)(C)C)cc32)c1. The van der Waals surface area contributed by atoms with Gasteiger partial charge in [-0.15, -0.1) is 0 Å². The molecule has 11 rings (SSSR count). The highest BCUT2D eigenvalue weighted by Gasteiger charge is 2.33. The van der Waals surface area contributed by atoms with Crippen molar-refractivity contribution in [2.45, 2.75) is 130 Å². The molecule has 0 radical (unpaired) electrons. The molecule has 0 saturated carbocycles. The summed E-state index contributed by atoms with van der Waals surface area (Å²) in [6, 6.07) is 69.8. The molecule has 0 bridgehead atoms. The largest absolute Gasteiger partial charge is 0.457 e. The molecule has 79 heavy (non-hydrogen) atoms. The quantitative estimate of drug-likeness (QED) is 0.122. The minimum atomic E-state index is -0.234. The van der Waals surface area contributed by atoms with Crippen LogP contribution in [0.15, 0.2) is 194 Å². The second kappa shape index (κ2) is 20.1. The zero-order valence-electron chi connectivity index (χ0n) is 49.0. The third kappa shape index (κ3) is 9.92. The van der Waals surface area contributed by atoms with Gasteiger partial charge in [-0.3, -0.25) is 4.57 Å². The summed E-state index contributed by atoms with van der Waals surface area (Å²) in [7, 11) is 0. The van der Waals surface area contributed by atoms with Gasteiger partial charge >= 0.3 is 0 Å². The van der Waals surface area contributed by atoms with Crippen LogP contribution in [0.1, 0.15) is 153 Å². The molecule has 0 spiro atoms. The highest BCUT2D eigenvalue weighted by molar-refractivity contribution is 6.10. The Labute approximate surface area is 470 Å². The summed E-state index contributed by atoms with van der Waals surface area (Å²) >= 11 is 0. The Balaban J connectivity index is 1.09. The standard InChI is InChI=1S/C74H78N4O/c1-48(2)61-29-22-30-62(49(3)4)70(61)50-39-58(77-47-76(65-36-32-53(42-68(65)77)71(5,6)7)57-28-21-27-55(41-57)73(11,12)51-23-17-15-18-24-51)45-60(40-50)79-59-33-35-64-63-34-31-56(74(13,14)52-25-19-16-20-26-52)43-66(63)78(67(64)46-59)69-44-54(37-38-75-69)72(8,9)10/h15-46,48-49H,47H2,1-14H3. The van der Waals surface area contributed by atoms with Crippen LogP contribution in [-0.4, -0.2) is 16.2 Å². The summed E-state index contributed by atoms with van der Waals surface area (Å²) in [5.41, 5.74) is 18.9. The second-order valence-corrected chi connectivity index (χ2v) is 25.8. The van der Waals surface area contributed by atoms with Gasteiger partial charge in [0, 0.05) is 51.3 Å². The van der Waals surface area contributed by atoms with Crippen molar-refractivity contribution in [3.63, 3.8) is 0 Å². The first-order valence-corrected chi connectivity index (χ1v) is 28.5. The normalized spacial score (nSPS) is 13.3. The highest BCUT2D eigenvalue weighted by Crippen LogP contribution is 2.50. The lowest BCUT2D eigenvalue weighted by Crippen LogP contribution is -2.25. The fraction of sp³-hybridized carbons (Fsp3) is 0.284. The Hall–Kier alpha value is -7.89. The third-order valence-corrected chi connectivity index (χ3v) is 17.0. The van der Waals surface area contributed by atoms with E-state index < -0.39 is 0 Å². The van der Waals surface area contributed by atoms with E-state index in [1.165, 1.54) is 66.8 Å². The molecule has 0 aliphatic carbocycles. The molecule has 5 nitrogen and oxygen atoms in total.